The standard InChI is InChI=1S/C15H18N4OS/c1-10-6-12(15(16)18-20)7-14(17-10)19(13-2-3-13)8-11-4-5-21-9-11/h4-7,9,13,20H,2-3,8H2,1H3,(H2,16,18). The molecule has 0 saturated heterocycles. The Labute approximate surface area is 127 Å². The molecule has 2 aromatic heterocycles. The van der Waals surface area contributed by atoms with Gasteiger partial charge in [-0.05, 0) is 54.3 Å². The third-order valence-electron chi connectivity index (χ3n) is 3.56. The maximum Gasteiger partial charge on any atom is 0.170 e. The molecule has 1 aliphatic rings. The molecular weight excluding hydrogens is 284 g/mol. The predicted molar refractivity (Wildman–Crippen MR) is 85.0 cm³/mol. The Morgan fingerprint density at radius 3 is 2.95 bits per heavy atom. The molecular formula is C15H18N4OS. The van der Waals surface area contributed by atoms with E-state index in [0.717, 1.165) is 18.1 Å². The van der Waals surface area contributed by atoms with Crippen molar-refractivity contribution >= 4 is 23.0 Å². The Hall–Kier alpha value is -2.08. The van der Waals surface area contributed by atoms with Crippen molar-refractivity contribution in [3.63, 3.8) is 0 Å². The highest BCUT2D eigenvalue weighted by molar-refractivity contribution is 7.07. The molecule has 0 radical (unpaired) electrons. The summed E-state index contributed by atoms with van der Waals surface area (Å²) in [4.78, 5) is 6.94. The maximum absolute atomic E-state index is 8.87. The number of hydrogen-bond acceptors (Lipinski definition) is 5. The summed E-state index contributed by atoms with van der Waals surface area (Å²) in [5.41, 5.74) is 8.58. The summed E-state index contributed by atoms with van der Waals surface area (Å²) in [6.07, 6.45) is 2.39. The van der Waals surface area contributed by atoms with Gasteiger partial charge < -0.3 is 15.8 Å². The van der Waals surface area contributed by atoms with E-state index in [9.17, 15) is 0 Å². The van der Waals surface area contributed by atoms with Crippen molar-refractivity contribution in [2.75, 3.05) is 4.90 Å². The number of rotatable bonds is 5. The fourth-order valence-corrected chi connectivity index (χ4v) is 3.03. The molecule has 0 atom stereocenters. The molecule has 0 bridgehead atoms. The third-order valence-corrected chi connectivity index (χ3v) is 4.29. The van der Waals surface area contributed by atoms with Crippen LogP contribution in [-0.4, -0.2) is 22.1 Å². The van der Waals surface area contributed by atoms with Crippen molar-refractivity contribution < 1.29 is 5.21 Å². The van der Waals surface area contributed by atoms with Crippen molar-refractivity contribution in [1.82, 2.24) is 4.98 Å². The number of aryl methyl sites for hydroxylation is 1. The highest BCUT2D eigenvalue weighted by Gasteiger charge is 2.30. The molecule has 3 rings (SSSR count). The molecule has 110 valence electrons. The topological polar surface area (TPSA) is 74.7 Å². The van der Waals surface area contributed by atoms with Crippen molar-refractivity contribution in [2.45, 2.75) is 32.4 Å². The zero-order valence-electron chi connectivity index (χ0n) is 11.9. The lowest BCUT2D eigenvalue weighted by Crippen LogP contribution is -2.26. The van der Waals surface area contributed by atoms with Crippen LogP contribution in [0.5, 0.6) is 0 Å². The number of amidine groups is 1. The minimum atomic E-state index is 0.119. The van der Waals surface area contributed by atoms with Gasteiger partial charge in [0.15, 0.2) is 5.84 Å². The summed E-state index contributed by atoms with van der Waals surface area (Å²) < 4.78 is 0. The Balaban J connectivity index is 1.93. The average Bonchev–Trinajstić information content (AvgIpc) is 3.19. The van der Waals surface area contributed by atoms with Crippen molar-refractivity contribution in [2.24, 2.45) is 10.9 Å². The highest BCUT2D eigenvalue weighted by Crippen LogP contribution is 2.33. The molecule has 1 aliphatic carbocycles. The number of anilines is 1. The normalized spacial score (nSPS) is 15.2. The summed E-state index contributed by atoms with van der Waals surface area (Å²) in [5.74, 6) is 1.01. The quantitative estimate of drug-likeness (QED) is 0.385. The Morgan fingerprint density at radius 2 is 2.33 bits per heavy atom. The van der Waals surface area contributed by atoms with Crippen LogP contribution in [0.15, 0.2) is 34.1 Å². The van der Waals surface area contributed by atoms with Gasteiger partial charge in [0.2, 0.25) is 0 Å². The van der Waals surface area contributed by atoms with Crippen LogP contribution >= 0.6 is 11.3 Å². The first-order valence-electron chi connectivity index (χ1n) is 6.91. The van der Waals surface area contributed by atoms with E-state index < -0.39 is 0 Å². The van der Waals surface area contributed by atoms with E-state index in [1.54, 1.807) is 11.3 Å². The van der Waals surface area contributed by atoms with Gasteiger partial charge in [-0.25, -0.2) is 4.98 Å². The van der Waals surface area contributed by atoms with E-state index in [4.69, 9.17) is 10.9 Å². The average molecular weight is 302 g/mol. The van der Waals surface area contributed by atoms with Crippen LogP contribution in [0.3, 0.4) is 0 Å². The van der Waals surface area contributed by atoms with Crippen molar-refractivity contribution in [1.29, 1.82) is 0 Å². The van der Waals surface area contributed by atoms with Crippen LogP contribution in [0.1, 0.15) is 29.7 Å². The monoisotopic (exact) mass is 302 g/mol. The van der Waals surface area contributed by atoms with Crippen LogP contribution in [0, 0.1) is 6.92 Å². The predicted octanol–water partition coefficient (Wildman–Crippen LogP) is 2.72. The molecule has 2 heterocycles. The first-order chi connectivity index (χ1) is 10.2. The lowest BCUT2D eigenvalue weighted by atomic mass is 10.2. The van der Waals surface area contributed by atoms with Gasteiger partial charge in [0.05, 0.1) is 0 Å². The van der Waals surface area contributed by atoms with Gasteiger partial charge in [-0.3, -0.25) is 0 Å². The smallest absolute Gasteiger partial charge is 0.170 e. The zero-order chi connectivity index (χ0) is 14.8. The number of aromatic nitrogens is 1. The molecule has 0 spiro atoms. The summed E-state index contributed by atoms with van der Waals surface area (Å²) in [6, 6.07) is 6.40. The van der Waals surface area contributed by atoms with Gasteiger partial charge in [-0.1, -0.05) is 5.16 Å². The fraction of sp³-hybridized carbons (Fsp3) is 0.333. The first kappa shape index (κ1) is 13.9. The number of oxime groups is 1. The molecule has 0 amide bonds. The number of nitrogens with zero attached hydrogens (tertiary/aromatic N) is 3. The number of thiophene rings is 1. The van der Waals surface area contributed by atoms with Gasteiger partial charge >= 0.3 is 0 Å². The zero-order valence-corrected chi connectivity index (χ0v) is 12.7. The second-order valence-corrected chi connectivity index (χ2v) is 6.11. The molecule has 21 heavy (non-hydrogen) atoms. The lowest BCUT2D eigenvalue weighted by Gasteiger charge is -2.24. The van der Waals surface area contributed by atoms with Gasteiger partial charge in [0.1, 0.15) is 5.82 Å². The molecule has 3 N–H and O–H groups in total. The van der Waals surface area contributed by atoms with Gasteiger partial charge in [-0.15, -0.1) is 0 Å². The largest absolute Gasteiger partial charge is 0.409 e. The molecule has 0 unspecified atom stereocenters. The van der Waals surface area contributed by atoms with Gasteiger partial charge in [-0.2, -0.15) is 11.3 Å². The van der Waals surface area contributed by atoms with Crippen LogP contribution in [0.4, 0.5) is 5.82 Å². The Kier molecular flexibility index (Phi) is 3.79. The second-order valence-electron chi connectivity index (χ2n) is 5.33. The molecule has 0 aromatic carbocycles. The van der Waals surface area contributed by atoms with E-state index >= 15 is 0 Å². The molecule has 6 heteroatoms. The number of hydrogen-bond donors (Lipinski definition) is 2. The van der Waals surface area contributed by atoms with Crippen molar-refractivity contribution in [3.8, 4) is 0 Å². The van der Waals surface area contributed by atoms with Crippen LogP contribution in [0.25, 0.3) is 0 Å². The van der Waals surface area contributed by atoms with Crippen LogP contribution in [-0.2, 0) is 6.54 Å². The summed E-state index contributed by atoms with van der Waals surface area (Å²) in [6.45, 7) is 2.77. The molecule has 0 aliphatic heterocycles. The number of pyridine rings is 1. The Morgan fingerprint density at radius 1 is 1.52 bits per heavy atom. The minimum Gasteiger partial charge on any atom is -0.409 e. The van der Waals surface area contributed by atoms with E-state index in [-0.39, 0.29) is 5.84 Å². The van der Waals surface area contributed by atoms with Crippen molar-refractivity contribution in [3.05, 3.63) is 45.8 Å². The van der Waals surface area contributed by atoms with E-state index in [1.165, 1.54) is 18.4 Å². The summed E-state index contributed by atoms with van der Waals surface area (Å²) >= 11 is 1.70. The van der Waals surface area contributed by atoms with Crippen LogP contribution in [0.2, 0.25) is 0 Å². The van der Waals surface area contributed by atoms with E-state index in [2.05, 4.69) is 31.9 Å². The molecule has 1 fully saturated rings. The highest BCUT2D eigenvalue weighted by atomic mass is 32.1. The third kappa shape index (κ3) is 3.16. The fourth-order valence-electron chi connectivity index (χ4n) is 2.37. The maximum atomic E-state index is 8.87. The molecule has 1 saturated carbocycles. The lowest BCUT2D eigenvalue weighted by molar-refractivity contribution is 0.318. The SMILES string of the molecule is Cc1cc(/C(N)=N/O)cc(N(Cc2ccsc2)C2CC2)n1. The second kappa shape index (κ2) is 5.73. The Bertz CT molecular complexity index is 650. The molecule has 5 nitrogen and oxygen atoms in total. The van der Waals surface area contributed by atoms with Gasteiger partial charge in [0, 0.05) is 23.8 Å². The van der Waals surface area contributed by atoms with Crippen LogP contribution < -0.4 is 10.6 Å². The first-order valence-corrected chi connectivity index (χ1v) is 7.86. The van der Waals surface area contributed by atoms with Gasteiger partial charge in [0.25, 0.3) is 0 Å². The summed E-state index contributed by atoms with van der Waals surface area (Å²) in [5, 5.41) is 16.2. The minimum absolute atomic E-state index is 0.119. The van der Waals surface area contributed by atoms with E-state index in [1.807, 2.05) is 19.1 Å². The summed E-state index contributed by atoms with van der Waals surface area (Å²) in [7, 11) is 0. The molecule has 2 aromatic rings. The van der Waals surface area contributed by atoms with E-state index in [0.29, 0.717) is 11.6 Å². The number of nitrogens with two attached hydrogens (primary N) is 1.